The van der Waals surface area contributed by atoms with Gasteiger partial charge in [-0.05, 0) is 49.1 Å². The summed E-state index contributed by atoms with van der Waals surface area (Å²) in [6, 6.07) is 5.25. The molecule has 0 aromatic heterocycles. The van der Waals surface area contributed by atoms with Gasteiger partial charge in [0.2, 0.25) is 0 Å². The van der Waals surface area contributed by atoms with Crippen LogP contribution in [0.2, 0.25) is 0 Å². The Hall–Kier alpha value is -1.70. The zero-order valence-electron chi connectivity index (χ0n) is 8.36. The topological polar surface area (TPSA) is 29.5 Å². The molecule has 3 rings (SSSR count). The third-order valence-corrected chi connectivity index (χ3v) is 2.84. The third kappa shape index (κ3) is 1.42. The van der Waals surface area contributed by atoms with Crippen LogP contribution in [0.25, 0.3) is 6.08 Å². The Balaban J connectivity index is 2.12. The van der Waals surface area contributed by atoms with Crippen LogP contribution in [-0.2, 0) is 0 Å². The number of rotatable bonds is 0. The van der Waals surface area contributed by atoms with E-state index in [1.54, 1.807) is 12.1 Å². The Bertz CT molecular complexity index is 469. The van der Waals surface area contributed by atoms with Crippen molar-refractivity contribution in [2.75, 3.05) is 0 Å². The maximum atomic E-state index is 9.36. The van der Waals surface area contributed by atoms with Gasteiger partial charge >= 0.3 is 0 Å². The highest BCUT2D eigenvalue weighted by Crippen LogP contribution is 2.37. The Morgan fingerprint density at radius 2 is 2.20 bits per heavy atom. The molecular formula is C13H12O2. The first-order valence-corrected chi connectivity index (χ1v) is 5.25. The van der Waals surface area contributed by atoms with E-state index in [1.165, 1.54) is 12.0 Å². The number of fused-ring (bicyclic) bond motifs is 2. The molecule has 1 aliphatic heterocycles. The average molecular weight is 200 g/mol. The van der Waals surface area contributed by atoms with Gasteiger partial charge in [0.15, 0.2) is 0 Å². The Morgan fingerprint density at radius 1 is 1.27 bits per heavy atom. The van der Waals surface area contributed by atoms with Crippen LogP contribution in [0, 0.1) is 0 Å². The molecule has 1 aliphatic carbocycles. The fraction of sp³-hybridized carbons (Fsp3) is 0.231. The summed E-state index contributed by atoms with van der Waals surface area (Å²) in [5.74, 6) is 1.98. The van der Waals surface area contributed by atoms with E-state index in [0.29, 0.717) is 0 Å². The van der Waals surface area contributed by atoms with Gasteiger partial charge in [-0.2, -0.15) is 0 Å². The Kier molecular flexibility index (Phi) is 1.81. The van der Waals surface area contributed by atoms with Gasteiger partial charge in [0.05, 0.1) is 0 Å². The van der Waals surface area contributed by atoms with E-state index >= 15 is 0 Å². The molecule has 2 nitrogen and oxygen atoms in total. The van der Waals surface area contributed by atoms with Gasteiger partial charge in [-0.25, -0.2) is 0 Å². The number of aromatic hydroxyl groups is 1. The molecule has 1 heterocycles. The number of hydrogen-bond donors (Lipinski definition) is 1. The highest BCUT2D eigenvalue weighted by atomic mass is 16.5. The predicted molar refractivity (Wildman–Crippen MR) is 58.6 cm³/mol. The molecule has 0 fully saturated rings. The number of hydrogen-bond acceptors (Lipinski definition) is 2. The zero-order chi connectivity index (χ0) is 10.3. The summed E-state index contributed by atoms with van der Waals surface area (Å²) in [7, 11) is 0. The van der Waals surface area contributed by atoms with Crippen molar-refractivity contribution in [2.45, 2.75) is 19.3 Å². The van der Waals surface area contributed by atoms with Crippen molar-refractivity contribution in [1.82, 2.24) is 0 Å². The smallest absolute Gasteiger partial charge is 0.138 e. The lowest BCUT2D eigenvalue weighted by Crippen LogP contribution is -2.08. The summed E-state index contributed by atoms with van der Waals surface area (Å²) >= 11 is 0. The van der Waals surface area contributed by atoms with Crippen LogP contribution in [0.3, 0.4) is 0 Å². The average Bonchev–Trinajstić information content (AvgIpc) is 2.26. The highest BCUT2D eigenvalue weighted by molar-refractivity contribution is 5.68. The van der Waals surface area contributed by atoms with E-state index in [9.17, 15) is 5.11 Å². The monoisotopic (exact) mass is 200 g/mol. The van der Waals surface area contributed by atoms with Crippen LogP contribution in [0.15, 0.2) is 35.6 Å². The largest absolute Gasteiger partial charge is 0.508 e. The summed E-state index contributed by atoms with van der Waals surface area (Å²) in [5.41, 5.74) is 2.33. The lowest BCUT2D eigenvalue weighted by molar-refractivity contribution is 0.409. The molecule has 0 atom stereocenters. The van der Waals surface area contributed by atoms with Gasteiger partial charge in [-0.1, -0.05) is 0 Å². The van der Waals surface area contributed by atoms with Crippen LogP contribution < -0.4 is 4.74 Å². The third-order valence-electron chi connectivity index (χ3n) is 2.84. The van der Waals surface area contributed by atoms with E-state index in [1.807, 2.05) is 6.07 Å². The molecule has 0 unspecified atom stereocenters. The van der Waals surface area contributed by atoms with E-state index in [2.05, 4.69) is 12.2 Å². The standard InChI is InChI=1S/C13H12O2/c14-11-6-5-10-7-9-3-1-2-4-12(9)15-13(10)8-11/h4-8,14H,1-3H2. The van der Waals surface area contributed by atoms with Gasteiger partial charge in [0.25, 0.3) is 0 Å². The Morgan fingerprint density at radius 3 is 3.13 bits per heavy atom. The summed E-state index contributed by atoms with van der Waals surface area (Å²) in [4.78, 5) is 0. The quantitative estimate of drug-likeness (QED) is 0.696. The lowest BCUT2D eigenvalue weighted by Gasteiger charge is -2.23. The molecule has 76 valence electrons. The van der Waals surface area contributed by atoms with Crippen LogP contribution in [0.5, 0.6) is 11.5 Å². The van der Waals surface area contributed by atoms with Crippen molar-refractivity contribution in [2.24, 2.45) is 0 Å². The van der Waals surface area contributed by atoms with Crippen LogP contribution in [-0.4, -0.2) is 5.11 Å². The minimum Gasteiger partial charge on any atom is -0.508 e. The summed E-state index contributed by atoms with van der Waals surface area (Å²) in [6.45, 7) is 0. The molecule has 0 saturated carbocycles. The van der Waals surface area contributed by atoms with Gasteiger partial charge in [-0.3, -0.25) is 0 Å². The van der Waals surface area contributed by atoms with E-state index in [4.69, 9.17) is 4.74 Å². The first-order valence-electron chi connectivity index (χ1n) is 5.25. The van der Waals surface area contributed by atoms with Crippen molar-refractivity contribution >= 4 is 6.08 Å². The molecule has 2 aliphatic rings. The summed E-state index contributed by atoms with van der Waals surface area (Å²) < 4.78 is 5.75. The van der Waals surface area contributed by atoms with Crippen LogP contribution >= 0.6 is 0 Å². The molecule has 1 N–H and O–H groups in total. The van der Waals surface area contributed by atoms with E-state index in [-0.39, 0.29) is 5.75 Å². The molecular weight excluding hydrogens is 188 g/mol. The van der Waals surface area contributed by atoms with Gasteiger partial charge in [0, 0.05) is 11.6 Å². The van der Waals surface area contributed by atoms with Crippen LogP contribution in [0.1, 0.15) is 24.8 Å². The molecule has 1 aromatic carbocycles. The zero-order valence-corrected chi connectivity index (χ0v) is 8.36. The van der Waals surface area contributed by atoms with Gasteiger partial charge in [-0.15, -0.1) is 0 Å². The molecule has 2 heteroatoms. The second-order valence-electron chi connectivity index (χ2n) is 3.95. The number of ether oxygens (including phenoxy) is 1. The first kappa shape index (κ1) is 8.60. The molecule has 0 spiro atoms. The molecule has 1 aromatic rings. The first-order chi connectivity index (χ1) is 7.33. The molecule has 0 bridgehead atoms. The maximum absolute atomic E-state index is 9.36. The molecule has 0 saturated heterocycles. The van der Waals surface area contributed by atoms with Gasteiger partial charge < -0.3 is 9.84 Å². The van der Waals surface area contributed by atoms with Gasteiger partial charge in [0.1, 0.15) is 17.3 Å². The van der Waals surface area contributed by atoms with E-state index in [0.717, 1.165) is 29.9 Å². The van der Waals surface area contributed by atoms with Crippen molar-refractivity contribution < 1.29 is 9.84 Å². The highest BCUT2D eigenvalue weighted by Gasteiger charge is 2.19. The van der Waals surface area contributed by atoms with Crippen molar-refractivity contribution in [1.29, 1.82) is 0 Å². The number of phenols is 1. The van der Waals surface area contributed by atoms with Crippen molar-refractivity contribution in [3.8, 4) is 11.5 Å². The van der Waals surface area contributed by atoms with Crippen molar-refractivity contribution in [3.05, 3.63) is 41.2 Å². The fourth-order valence-corrected chi connectivity index (χ4v) is 2.07. The molecule has 0 radical (unpaired) electrons. The number of benzene rings is 1. The minimum absolute atomic E-state index is 0.252. The van der Waals surface area contributed by atoms with E-state index < -0.39 is 0 Å². The van der Waals surface area contributed by atoms with Crippen LogP contribution in [0.4, 0.5) is 0 Å². The SMILES string of the molecule is Oc1ccc2c(c1)OC1=CCCCC1=C2. The Labute approximate surface area is 88.5 Å². The summed E-state index contributed by atoms with van der Waals surface area (Å²) in [5, 5.41) is 9.36. The fourth-order valence-electron chi connectivity index (χ4n) is 2.07. The number of phenolic OH excluding ortho intramolecular Hbond substituents is 1. The second kappa shape index (κ2) is 3.16. The predicted octanol–water partition coefficient (Wildman–Crippen LogP) is 3.24. The number of allylic oxidation sites excluding steroid dienone is 2. The maximum Gasteiger partial charge on any atom is 0.138 e. The lowest BCUT2D eigenvalue weighted by atomic mass is 9.95. The molecule has 15 heavy (non-hydrogen) atoms. The van der Waals surface area contributed by atoms with Crippen molar-refractivity contribution in [3.63, 3.8) is 0 Å². The normalized spacial score (nSPS) is 18.1. The molecule has 0 amide bonds. The minimum atomic E-state index is 0.252. The summed E-state index contributed by atoms with van der Waals surface area (Å²) in [6.07, 6.45) is 7.66. The second-order valence-corrected chi connectivity index (χ2v) is 3.95.